The van der Waals surface area contributed by atoms with Crippen LogP contribution in [0.2, 0.25) is 0 Å². The number of nitrogens with zero attached hydrogens (tertiary/aromatic N) is 2. The number of carbonyl (C=O) groups excluding carboxylic acids is 1. The zero-order valence-electron chi connectivity index (χ0n) is 10.5. The first-order chi connectivity index (χ1) is 9.88. The average molecular weight is 416 g/mol. The molecule has 0 amide bonds. The average Bonchev–Trinajstić information content (AvgIpc) is 2.43. The molecule has 21 heavy (non-hydrogen) atoms. The molecule has 1 heterocycles. The van der Waals surface area contributed by atoms with Crippen molar-refractivity contribution in [3.63, 3.8) is 0 Å². The Bertz CT molecular complexity index is 769. The van der Waals surface area contributed by atoms with Gasteiger partial charge in [0, 0.05) is 16.2 Å². The SMILES string of the molecule is O=C(Cn1cc(Br)c(=O)c([N+](=O)[O-])c1)c1ccc(Br)cc1. The van der Waals surface area contributed by atoms with Crippen LogP contribution < -0.4 is 5.43 Å². The van der Waals surface area contributed by atoms with Crippen LogP contribution in [0.4, 0.5) is 5.69 Å². The summed E-state index contributed by atoms with van der Waals surface area (Å²) < 4.78 is 2.20. The Balaban J connectivity index is 2.31. The number of rotatable bonds is 4. The molecule has 0 radical (unpaired) electrons. The Morgan fingerprint density at radius 3 is 2.38 bits per heavy atom. The van der Waals surface area contributed by atoms with Gasteiger partial charge in [-0.25, -0.2) is 0 Å². The lowest BCUT2D eigenvalue weighted by Gasteiger charge is -2.06. The van der Waals surface area contributed by atoms with E-state index in [1.807, 2.05) is 0 Å². The predicted molar refractivity (Wildman–Crippen MR) is 83.5 cm³/mol. The summed E-state index contributed by atoms with van der Waals surface area (Å²) in [7, 11) is 0. The third-order valence-corrected chi connectivity index (χ3v) is 3.80. The van der Waals surface area contributed by atoms with Crippen molar-refractivity contribution in [2.75, 3.05) is 0 Å². The van der Waals surface area contributed by atoms with E-state index in [0.29, 0.717) is 5.56 Å². The Hall–Kier alpha value is -1.80. The van der Waals surface area contributed by atoms with Crippen molar-refractivity contribution >= 4 is 43.3 Å². The number of aromatic nitrogens is 1. The van der Waals surface area contributed by atoms with Crippen LogP contribution in [-0.4, -0.2) is 15.3 Å². The van der Waals surface area contributed by atoms with Crippen molar-refractivity contribution in [3.05, 3.63) is 71.5 Å². The Kier molecular flexibility index (Phi) is 4.69. The van der Waals surface area contributed by atoms with Crippen LogP contribution in [0.3, 0.4) is 0 Å². The number of carbonyl (C=O) groups is 1. The molecule has 0 fully saturated rings. The van der Waals surface area contributed by atoms with Crippen LogP contribution in [0.25, 0.3) is 0 Å². The molecule has 0 saturated heterocycles. The van der Waals surface area contributed by atoms with Crippen molar-refractivity contribution in [3.8, 4) is 0 Å². The summed E-state index contributed by atoms with van der Waals surface area (Å²) in [5.41, 5.74) is -0.809. The van der Waals surface area contributed by atoms with E-state index in [4.69, 9.17) is 0 Å². The van der Waals surface area contributed by atoms with Crippen LogP contribution >= 0.6 is 31.9 Å². The second kappa shape index (κ2) is 6.31. The summed E-state index contributed by atoms with van der Waals surface area (Å²) in [4.78, 5) is 33.7. The molecule has 1 aromatic carbocycles. The van der Waals surface area contributed by atoms with Gasteiger partial charge < -0.3 is 4.57 Å². The molecule has 0 N–H and O–H groups in total. The van der Waals surface area contributed by atoms with Gasteiger partial charge in [-0.15, -0.1) is 0 Å². The highest BCUT2D eigenvalue weighted by Crippen LogP contribution is 2.14. The highest BCUT2D eigenvalue weighted by Gasteiger charge is 2.17. The van der Waals surface area contributed by atoms with Gasteiger partial charge in [0.15, 0.2) is 5.78 Å². The number of benzene rings is 1. The fourth-order valence-corrected chi connectivity index (χ4v) is 2.42. The molecule has 0 bridgehead atoms. The number of hydrogen-bond acceptors (Lipinski definition) is 4. The van der Waals surface area contributed by atoms with E-state index >= 15 is 0 Å². The number of hydrogen-bond donors (Lipinski definition) is 0. The summed E-state index contributed by atoms with van der Waals surface area (Å²) in [5.74, 6) is -0.215. The maximum Gasteiger partial charge on any atom is 0.333 e. The van der Waals surface area contributed by atoms with Crippen molar-refractivity contribution in [1.29, 1.82) is 0 Å². The molecule has 0 spiro atoms. The quantitative estimate of drug-likeness (QED) is 0.436. The first-order valence-corrected chi connectivity index (χ1v) is 7.30. The van der Waals surface area contributed by atoms with Gasteiger partial charge in [0.25, 0.3) is 5.43 Å². The van der Waals surface area contributed by atoms with Gasteiger partial charge in [-0.1, -0.05) is 28.1 Å². The predicted octanol–water partition coefficient (Wildman–Crippen LogP) is 3.16. The van der Waals surface area contributed by atoms with E-state index in [1.165, 1.54) is 10.8 Å². The Morgan fingerprint density at radius 1 is 1.19 bits per heavy atom. The van der Waals surface area contributed by atoms with Gasteiger partial charge in [0.2, 0.25) is 0 Å². The van der Waals surface area contributed by atoms with Gasteiger partial charge in [-0.05, 0) is 28.1 Å². The van der Waals surface area contributed by atoms with E-state index in [0.717, 1.165) is 10.7 Å². The molecule has 6 nitrogen and oxygen atoms in total. The van der Waals surface area contributed by atoms with Crippen LogP contribution in [0.1, 0.15) is 10.4 Å². The molecule has 2 aromatic rings. The number of pyridine rings is 1. The molecule has 108 valence electrons. The summed E-state index contributed by atoms with van der Waals surface area (Å²) in [6, 6.07) is 6.77. The zero-order valence-corrected chi connectivity index (χ0v) is 13.6. The van der Waals surface area contributed by atoms with Gasteiger partial charge in [0.05, 0.1) is 22.1 Å². The first-order valence-electron chi connectivity index (χ1n) is 5.71. The molecule has 1 aromatic heterocycles. The third-order valence-electron chi connectivity index (χ3n) is 2.71. The van der Waals surface area contributed by atoms with E-state index < -0.39 is 16.0 Å². The van der Waals surface area contributed by atoms with E-state index in [9.17, 15) is 19.7 Å². The topological polar surface area (TPSA) is 82.2 Å². The van der Waals surface area contributed by atoms with E-state index in [2.05, 4.69) is 31.9 Å². The minimum absolute atomic E-state index is 0.0420. The minimum Gasteiger partial charge on any atom is -0.339 e. The smallest absolute Gasteiger partial charge is 0.333 e. The molecule has 8 heteroatoms. The molecule has 0 atom stereocenters. The molecule has 0 aliphatic rings. The molecule has 0 unspecified atom stereocenters. The normalized spacial score (nSPS) is 10.4. The lowest BCUT2D eigenvalue weighted by Crippen LogP contribution is -2.16. The number of nitro groups is 1. The lowest BCUT2D eigenvalue weighted by molar-refractivity contribution is -0.386. The number of halogens is 2. The second-order valence-corrected chi connectivity index (χ2v) is 5.95. The third kappa shape index (κ3) is 3.64. The molecular weight excluding hydrogens is 408 g/mol. The summed E-state index contributed by atoms with van der Waals surface area (Å²) in [6.45, 7) is -0.0959. The standard InChI is InChI=1S/C13H8Br2N2O4/c14-9-3-1-8(2-4-9)12(18)7-16-5-10(15)13(19)11(6-16)17(20)21/h1-6H,7H2. The molecule has 0 aliphatic carbocycles. The van der Waals surface area contributed by atoms with E-state index in [1.54, 1.807) is 24.3 Å². The Labute approximate surface area is 135 Å². The second-order valence-electron chi connectivity index (χ2n) is 4.18. The largest absolute Gasteiger partial charge is 0.339 e. The molecule has 0 saturated carbocycles. The fraction of sp³-hybridized carbons (Fsp3) is 0.0769. The van der Waals surface area contributed by atoms with Crippen LogP contribution in [-0.2, 0) is 6.54 Å². The molecule has 2 rings (SSSR count). The highest BCUT2D eigenvalue weighted by atomic mass is 79.9. The Morgan fingerprint density at radius 2 is 1.81 bits per heavy atom. The van der Waals surface area contributed by atoms with Crippen molar-refractivity contribution in [2.24, 2.45) is 0 Å². The highest BCUT2D eigenvalue weighted by molar-refractivity contribution is 9.10. The van der Waals surface area contributed by atoms with Gasteiger partial charge >= 0.3 is 5.69 Å². The van der Waals surface area contributed by atoms with Crippen molar-refractivity contribution < 1.29 is 9.72 Å². The minimum atomic E-state index is -0.770. The monoisotopic (exact) mass is 414 g/mol. The summed E-state index contributed by atoms with van der Waals surface area (Å²) in [5, 5.41) is 10.8. The van der Waals surface area contributed by atoms with Gasteiger partial charge in [0.1, 0.15) is 0 Å². The van der Waals surface area contributed by atoms with Crippen molar-refractivity contribution in [2.45, 2.75) is 6.54 Å². The number of ketones is 1. The fourth-order valence-electron chi connectivity index (χ4n) is 1.69. The van der Waals surface area contributed by atoms with E-state index in [-0.39, 0.29) is 16.8 Å². The zero-order chi connectivity index (χ0) is 15.6. The lowest BCUT2D eigenvalue weighted by atomic mass is 10.1. The van der Waals surface area contributed by atoms with Gasteiger partial charge in [-0.2, -0.15) is 0 Å². The first kappa shape index (κ1) is 15.6. The van der Waals surface area contributed by atoms with Gasteiger partial charge in [-0.3, -0.25) is 19.7 Å². The van der Waals surface area contributed by atoms with Crippen LogP contribution in [0, 0.1) is 10.1 Å². The van der Waals surface area contributed by atoms with Crippen LogP contribution in [0.5, 0.6) is 0 Å². The van der Waals surface area contributed by atoms with Crippen molar-refractivity contribution in [1.82, 2.24) is 4.57 Å². The molecule has 0 aliphatic heterocycles. The maximum atomic E-state index is 12.1. The summed E-state index contributed by atoms with van der Waals surface area (Å²) in [6.07, 6.45) is 2.41. The molecular formula is C13H8Br2N2O4. The van der Waals surface area contributed by atoms with Crippen LogP contribution in [0.15, 0.2) is 50.4 Å². The maximum absolute atomic E-state index is 12.1. The summed E-state index contributed by atoms with van der Waals surface area (Å²) >= 11 is 6.24. The number of Topliss-reactive ketones (excluding diaryl/α,β-unsaturated/α-hetero) is 1.